The van der Waals surface area contributed by atoms with Crippen LogP contribution in [0.1, 0.15) is 25.7 Å². The third-order valence-electron chi connectivity index (χ3n) is 6.41. The fourth-order valence-corrected chi connectivity index (χ4v) is 4.92. The van der Waals surface area contributed by atoms with Crippen LogP contribution in [0.15, 0.2) is 24.3 Å². The smallest absolute Gasteiger partial charge is 0.236 e. The lowest BCUT2D eigenvalue weighted by atomic mass is 10.2. The van der Waals surface area contributed by atoms with Crippen molar-refractivity contribution in [1.82, 2.24) is 14.7 Å². The summed E-state index contributed by atoms with van der Waals surface area (Å²) in [6.45, 7) is 8.23. The molecule has 0 radical (unpaired) electrons. The average molecular weight is 391 g/mol. The van der Waals surface area contributed by atoms with Crippen LogP contribution in [-0.2, 0) is 4.79 Å². The summed E-state index contributed by atoms with van der Waals surface area (Å²) in [6.07, 6.45) is 5.46. The molecule has 4 rings (SSSR count). The lowest BCUT2D eigenvalue weighted by Gasteiger charge is -2.40. The highest BCUT2D eigenvalue weighted by Crippen LogP contribution is 2.24. The standard InChI is InChI=1S/C21H31ClN4O/c22-18-4-3-7-20(16-18)25-10-8-23(9-11-25)17-21(27)26-14-12-24(13-15-26)19-5-1-2-6-19/h3-4,7,16,19H,1-2,5-6,8-15,17H2. The number of anilines is 1. The summed E-state index contributed by atoms with van der Waals surface area (Å²) in [5, 5.41) is 0.779. The third-order valence-corrected chi connectivity index (χ3v) is 6.65. The second kappa shape index (κ2) is 8.80. The summed E-state index contributed by atoms with van der Waals surface area (Å²) < 4.78 is 0. The molecule has 148 valence electrons. The molecule has 1 aliphatic carbocycles. The topological polar surface area (TPSA) is 30.0 Å². The number of carbonyl (C=O) groups excluding carboxylic acids is 1. The molecule has 5 nitrogen and oxygen atoms in total. The summed E-state index contributed by atoms with van der Waals surface area (Å²) in [4.78, 5) is 22.1. The van der Waals surface area contributed by atoms with Crippen molar-refractivity contribution >= 4 is 23.2 Å². The molecule has 1 amide bonds. The summed E-state index contributed by atoms with van der Waals surface area (Å²) in [5.41, 5.74) is 1.18. The van der Waals surface area contributed by atoms with Gasteiger partial charge in [0.15, 0.2) is 0 Å². The fourth-order valence-electron chi connectivity index (χ4n) is 4.73. The van der Waals surface area contributed by atoms with E-state index >= 15 is 0 Å². The number of benzene rings is 1. The van der Waals surface area contributed by atoms with Crippen molar-refractivity contribution in [3.63, 3.8) is 0 Å². The Bertz CT molecular complexity index is 633. The number of halogens is 1. The van der Waals surface area contributed by atoms with Gasteiger partial charge >= 0.3 is 0 Å². The van der Waals surface area contributed by atoms with Crippen molar-refractivity contribution in [2.24, 2.45) is 0 Å². The van der Waals surface area contributed by atoms with Crippen LogP contribution in [-0.4, -0.2) is 85.6 Å². The van der Waals surface area contributed by atoms with Crippen LogP contribution in [0.4, 0.5) is 5.69 Å². The number of nitrogens with zero attached hydrogens (tertiary/aromatic N) is 4. The molecule has 0 spiro atoms. The molecule has 27 heavy (non-hydrogen) atoms. The van der Waals surface area contributed by atoms with Gasteiger partial charge in [-0.15, -0.1) is 0 Å². The maximum atomic E-state index is 12.7. The molecule has 1 saturated carbocycles. The van der Waals surface area contributed by atoms with E-state index in [-0.39, 0.29) is 0 Å². The van der Waals surface area contributed by atoms with Crippen LogP contribution < -0.4 is 4.90 Å². The summed E-state index contributed by atoms with van der Waals surface area (Å²) in [5.74, 6) is 0.303. The zero-order valence-corrected chi connectivity index (χ0v) is 16.9. The van der Waals surface area contributed by atoms with Gasteiger partial charge in [0.05, 0.1) is 6.54 Å². The van der Waals surface area contributed by atoms with Gasteiger partial charge in [0.2, 0.25) is 5.91 Å². The molecule has 3 aliphatic rings. The monoisotopic (exact) mass is 390 g/mol. The van der Waals surface area contributed by atoms with Crippen molar-refractivity contribution < 1.29 is 4.79 Å². The molecule has 1 aromatic rings. The Kier molecular flexibility index (Phi) is 6.21. The van der Waals surface area contributed by atoms with E-state index in [0.717, 1.165) is 63.4 Å². The Balaban J connectivity index is 1.20. The van der Waals surface area contributed by atoms with Crippen molar-refractivity contribution in [2.75, 3.05) is 63.8 Å². The number of carbonyl (C=O) groups is 1. The number of piperazine rings is 2. The maximum absolute atomic E-state index is 12.7. The Morgan fingerprint density at radius 1 is 0.963 bits per heavy atom. The lowest BCUT2D eigenvalue weighted by Crippen LogP contribution is -2.55. The van der Waals surface area contributed by atoms with Gasteiger partial charge in [-0.2, -0.15) is 0 Å². The normalized spacial score (nSPS) is 23.1. The molecule has 0 unspecified atom stereocenters. The van der Waals surface area contributed by atoms with Crippen molar-refractivity contribution in [2.45, 2.75) is 31.7 Å². The molecule has 1 aromatic carbocycles. The zero-order chi connectivity index (χ0) is 18.6. The van der Waals surface area contributed by atoms with Crippen molar-refractivity contribution in [3.05, 3.63) is 29.3 Å². The van der Waals surface area contributed by atoms with Gasteiger partial charge in [0.1, 0.15) is 0 Å². The maximum Gasteiger partial charge on any atom is 0.236 e. The molecule has 2 heterocycles. The number of rotatable bonds is 4. The van der Waals surface area contributed by atoms with E-state index in [0.29, 0.717) is 12.5 Å². The van der Waals surface area contributed by atoms with E-state index in [2.05, 4.69) is 25.7 Å². The predicted octanol–water partition coefficient (Wildman–Crippen LogP) is 2.55. The highest BCUT2D eigenvalue weighted by Gasteiger charge is 2.29. The van der Waals surface area contributed by atoms with Crippen LogP contribution in [0.5, 0.6) is 0 Å². The average Bonchev–Trinajstić information content (AvgIpc) is 3.23. The molecule has 0 bridgehead atoms. The Labute approximate surface area is 167 Å². The van der Waals surface area contributed by atoms with Crippen LogP contribution in [0.2, 0.25) is 5.02 Å². The molecule has 0 aromatic heterocycles. The van der Waals surface area contributed by atoms with Crippen LogP contribution >= 0.6 is 11.6 Å². The van der Waals surface area contributed by atoms with Gasteiger partial charge in [0.25, 0.3) is 0 Å². The van der Waals surface area contributed by atoms with Gasteiger partial charge < -0.3 is 9.80 Å². The summed E-state index contributed by atoms with van der Waals surface area (Å²) in [7, 11) is 0. The second-order valence-electron chi connectivity index (χ2n) is 8.10. The van der Waals surface area contributed by atoms with E-state index < -0.39 is 0 Å². The van der Waals surface area contributed by atoms with E-state index in [1.165, 1.54) is 31.4 Å². The quantitative estimate of drug-likeness (QED) is 0.790. The van der Waals surface area contributed by atoms with E-state index in [4.69, 9.17) is 11.6 Å². The van der Waals surface area contributed by atoms with Gasteiger partial charge in [-0.05, 0) is 31.0 Å². The highest BCUT2D eigenvalue weighted by atomic mass is 35.5. The minimum Gasteiger partial charge on any atom is -0.369 e. The molecule has 0 atom stereocenters. The second-order valence-corrected chi connectivity index (χ2v) is 8.53. The molecule has 3 fully saturated rings. The van der Waals surface area contributed by atoms with Crippen LogP contribution in [0, 0.1) is 0 Å². The largest absolute Gasteiger partial charge is 0.369 e. The van der Waals surface area contributed by atoms with Crippen molar-refractivity contribution in [3.8, 4) is 0 Å². The van der Waals surface area contributed by atoms with Crippen LogP contribution in [0.25, 0.3) is 0 Å². The molecule has 2 saturated heterocycles. The zero-order valence-electron chi connectivity index (χ0n) is 16.2. The van der Waals surface area contributed by atoms with Crippen molar-refractivity contribution in [1.29, 1.82) is 0 Å². The van der Waals surface area contributed by atoms with E-state index in [1.54, 1.807) is 0 Å². The van der Waals surface area contributed by atoms with E-state index in [1.807, 2.05) is 18.2 Å². The van der Waals surface area contributed by atoms with Gasteiger partial charge in [0, 0.05) is 69.1 Å². The Morgan fingerprint density at radius 3 is 2.33 bits per heavy atom. The minimum atomic E-state index is 0.303. The lowest BCUT2D eigenvalue weighted by molar-refractivity contribution is -0.134. The molecule has 2 aliphatic heterocycles. The van der Waals surface area contributed by atoms with Gasteiger partial charge in [-0.1, -0.05) is 30.5 Å². The Hall–Kier alpha value is -1.30. The first-order valence-corrected chi connectivity index (χ1v) is 10.8. The predicted molar refractivity (Wildman–Crippen MR) is 111 cm³/mol. The van der Waals surface area contributed by atoms with E-state index in [9.17, 15) is 4.79 Å². The highest BCUT2D eigenvalue weighted by molar-refractivity contribution is 6.30. The summed E-state index contributed by atoms with van der Waals surface area (Å²) in [6, 6.07) is 8.82. The minimum absolute atomic E-state index is 0.303. The first-order chi connectivity index (χ1) is 13.2. The van der Waals surface area contributed by atoms with Gasteiger partial charge in [-0.3, -0.25) is 14.6 Å². The van der Waals surface area contributed by atoms with Gasteiger partial charge in [-0.25, -0.2) is 0 Å². The molecular weight excluding hydrogens is 360 g/mol. The first-order valence-electron chi connectivity index (χ1n) is 10.4. The number of hydrogen-bond donors (Lipinski definition) is 0. The number of hydrogen-bond acceptors (Lipinski definition) is 4. The molecular formula is C21H31ClN4O. The molecule has 6 heteroatoms. The fraction of sp³-hybridized carbons (Fsp3) is 0.667. The van der Waals surface area contributed by atoms with Crippen LogP contribution in [0.3, 0.4) is 0 Å². The third kappa shape index (κ3) is 4.76. The number of amides is 1. The first kappa shape index (κ1) is 19.0. The molecule has 0 N–H and O–H groups in total. The summed E-state index contributed by atoms with van der Waals surface area (Å²) >= 11 is 6.11. The SMILES string of the molecule is O=C(CN1CCN(c2cccc(Cl)c2)CC1)N1CCN(C2CCCC2)CC1. The Morgan fingerprint density at radius 2 is 1.67 bits per heavy atom.